The number of halogens is 2. The van der Waals surface area contributed by atoms with Crippen LogP contribution in [0.4, 0.5) is 8.78 Å². The van der Waals surface area contributed by atoms with Crippen LogP contribution in [0.3, 0.4) is 0 Å². The van der Waals surface area contributed by atoms with Gasteiger partial charge in [-0.2, -0.15) is 0 Å². The third kappa shape index (κ3) is 3.33. The second-order valence-electron chi connectivity index (χ2n) is 4.91. The summed E-state index contributed by atoms with van der Waals surface area (Å²) in [5, 5.41) is 0. The third-order valence-electron chi connectivity index (χ3n) is 2.96. The molecule has 0 amide bonds. The van der Waals surface area contributed by atoms with Gasteiger partial charge in [-0.1, -0.05) is 6.07 Å². The molecule has 0 aromatic heterocycles. The van der Waals surface area contributed by atoms with Gasteiger partial charge >= 0.3 is 0 Å². The number of ether oxygens (including phenoxy) is 1. The van der Waals surface area contributed by atoms with Gasteiger partial charge in [0.25, 0.3) is 0 Å². The molecule has 0 radical (unpaired) electrons. The fourth-order valence-electron chi connectivity index (χ4n) is 1.96. The van der Waals surface area contributed by atoms with Crippen LogP contribution in [0.1, 0.15) is 18.1 Å². The molecule has 0 spiro atoms. The van der Waals surface area contributed by atoms with Crippen molar-refractivity contribution in [1.29, 1.82) is 0 Å². The maximum Gasteiger partial charge on any atom is 0.133 e. The summed E-state index contributed by atoms with van der Waals surface area (Å²) in [4.78, 5) is 0. The first kappa shape index (κ1) is 14.5. The molecule has 1 atom stereocenters. The molecule has 0 saturated heterocycles. The Bertz CT molecular complexity index is 611. The zero-order valence-electron chi connectivity index (χ0n) is 11.5. The van der Waals surface area contributed by atoms with E-state index in [1.54, 1.807) is 32.0 Å². The Morgan fingerprint density at radius 1 is 1.15 bits per heavy atom. The van der Waals surface area contributed by atoms with E-state index >= 15 is 0 Å². The smallest absolute Gasteiger partial charge is 0.133 e. The van der Waals surface area contributed by atoms with Gasteiger partial charge in [-0.05, 0) is 56.2 Å². The summed E-state index contributed by atoms with van der Waals surface area (Å²) in [6, 6.07) is 8.88. The Labute approximate surface area is 117 Å². The van der Waals surface area contributed by atoms with Crippen LogP contribution in [0.2, 0.25) is 0 Å². The van der Waals surface area contributed by atoms with Crippen molar-refractivity contribution in [2.45, 2.75) is 26.3 Å². The Morgan fingerprint density at radius 3 is 2.55 bits per heavy atom. The fourth-order valence-corrected chi connectivity index (χ4v) is 1.96. The van der Waals surface area contributed by atoms with Crippen LogP contribution >= 0.6 is 0 Å². The first-order valence-electron chi connectivity index (χ1n) is 6.44. The lowest BCUT2D eigenvalue weighted by molar-refractivity contribution is 0.461. The van der Waals surface area contributed by atoms with Crippen LogP contribution < -0.4 is 10.5 Å². The maximum atomic E-state index is 13.9. The van der Waals surface area contributed by atoms with Crippen molar-refractivity contribution >= 4 is 0 Å². The summed E-state index contributed by atoms with van der Waals surface area (Å²) in [5.74, 6) is 0.236. The van der Waals surface area contributed by atoms with Crippen molar-refractivity contribution in [1.82, 2.24) is 0 Å². The minimum Gasteiger partial charge on any atom is -0.457 e. The number of hydrogen-bond donors (Lipinski definition) is 1. The molecule has 2 aromatic carbocycles. The van der Waals surface area contributed by atoms with Gasteiger partial charge in [-0.15, -0.1) is 0 Å². The summed E-state index contributed by atoms with van der Waals surface area (Å²) in [6.45, 7) is 3.45. The van der Waals surface area contributed by atoms with Gasteiger partial charge in [0.15, 0.2) is 0 Å². The monoisotopic (exact) mass is 277 g/mol. The average Bonchev–Trinajstić information content (AvgIpc) is 2.38. The van der Waals surface area contributed by atoms with Gasteiger partial charge in [-0.3, -0.25) is 0 Å². The van der Waals surface area contributed by atoms with E-state index in [4.69, 9.17) is 10.5 Å². The number of nitrogens with two attached hydrogens (primary N) is 1. The minimum atomic E-state index is -0.348. The molecular weight excluding hydrogens is 260 g/mol. The Kier molecular flexibility index (Phi) is 4.35. The van der Waals surface area contributed by atoms with Crippen LogP contribution in [0.5, 0.6) is 11.5 Å². The Balaban J connectivity index is 2.32. The molecule has 0 aliphatic carbocycles. The Hall–Kier alpha value is -1.94. The van der Waals surface area contributed by atoms with Gasteiger partial charge < -0.3 is 10.5 Å². The van der Waals surface area contributed by atoms with Gasteiger partial charge in [-0.25, -0.2) is 8.78 Å². The summed E-state index contributed by atoms with van der Waals surface area (Å²) in [6.07, 6.45) is 0.377. The number of rotatable bonds is 4. The van der Waals surface area contributed by atoms with Crippen molar-refractivity contribution in [3.05, 3.63) is 59.2 Å². The lowest BCUT2D eigenvalue weighted by Gasteiger charge is -2.14. The lowest BCUT2D eigenvalue weighted by atomic mass is 10.1. The van der Waals surface area contributed by atoms with E-state index in [0.29, 0.717) is 29.0 Å². The molecule has 1 unspecified atom stereocenters. The SMILES string of the molecule is Cc1cc(Oc2cccc(F)c2CC(C)N)ccc1F. The standard InChI is InChI=1S/C16H17F2NO/c1-10-8-12(6-7-14(10)17)20-16-5-3-4-15(18)13(16)9-11(2)19/h3-8,11H,9,19H2,1-2H3. The van der Waals surface area contributed by atoms with Crippen molar-refractivity contribution in [3.8, 4) is 11.5 Å². The molecule has 2 nitrogen and oxygen atoms in total. The lowest BCUT2D eigenvalue weighted by Crippen LogP contribution is -2.19. The van der Waals surface area contributed by atoms with E-state index < -0.39 is 0 Å². The highest BCUT2D eigenvalue weighted by Crippen LogP contribution is 2.29. The molecule has 4 heteroatoms. The first-order chi connectivity index (χ1) is 9.47. The summed E-state index contributed by atoms with van der Waals surface area (Å²) in [5.41, 5.74) is 6.64. The number of aryl methyl sites for hydroxylation is 1. The largest absolute Gasteiger partial charge is 0.457 e. The van der Waals surface area contributed by atoms with Crippen LogP contribution in [0.25, 0.3) is 0 Å². The van der Waals surface area contributed by atoms with Crippen molar-refractivity contribution in [2.75, 3.05) is 0 Å². The quantitative estimate of drug-likeness (QED) is 0.918. The fraction of sp³-hybridized carbons (Fsp3) is 0.250. The molecule has 0 bridgehead atoms. The first-order valence-corrected chi connectivity index (χ1v) is 6.44. The van der Waals surface area contributed by atoms with Gasteiger partial charge in [0, 0.05) is 11.6 Å². The van der Waals surface area contributed by atoms with E-state index in [-0.39, 0.29) is 17.7 Å². The molecule has 0 aliphatic heterocycles. The molecule has 2 N–H and O–H groups in total. The second kappa shape index (κ2) is 6.01. The predicted molar refractivity (Wildman–Crippen MR) is 75.0 cm³/mol. The van der Waals surface area contributed by atoms with Crippen LogP contribution in [0, 0.1) is 18.6 Å². The van der Waals surface area contributed by atoms with Crippen molar-refractivity contribution in [3.63, 3.8) is 0 Å². The molecule has 2 rings (SSSR count). The zero-order valence-corrected chi connectivity index (χ0v) is 11.5. The van der Waals surface area contributed by atoms with Gasteiger partial charge in [0.05, 0.1) is 0 Å². The predicted octanol–water partition coefficient (Wildman–Crippen LogP) is 3.96. The van der Waals surface area contributed by atoms with E-state index in [9.17, 15) is 8.78 Å². The van der Waals surface area contributed by atoms with E-state index in [2.05, 4.69) is 0 Å². The molecule has 0 fully saturated rings. The summed E-state index contributed by atoms with van der Waals surface area (Å²) in [7, 11) is 0. The van der Waals surface area contributed by atoms with Crippen LogP contribution in [0.15, 0.2) is 36.4 Å². The topological polar surface area (TPSA) is 35.2 Å². The molecule has 106 valence electrons. The van der Waals surface area contributed by atoms with E-state index in [1.807, 2.05) is 0 Å². The van der Waals surface area contributed by atoms with E-state index in [0.717, 1.165) is 0 Å². The zero-order chi connectivity index (χ0) is 14.7. The van der Waals surface area contributed by atoms with E-state index in [1.165, 1.54) is 18.2 Å². The van der Waals surface area contributed by atoms with Gasteiger partial charge in [0.1, 0.15) is 23.1 Å². The van der Waals surface area contributed by atoms with Crippen molar-refractivity contribution in [2.24, 2.45) is 5.73 Å². The second-order valence-corrected chi connectivity index (χ2v) is 4.91. The van der Waals surface area contributed by atoms with Gasteiger partial charge in [0.2, 0.25) is 0 Å². The molecule has 0 aliphatic rings. The minimum absolute atomic E-state index is 0.177. The average molecular weight is 277 g/mol. The Morgan fingerprint density at radius 2 is 1.90 bits per heavy atom. The molecule has 20 heavy (non-hydrogen) atoms. The van der Waals surface area contributed by atoms with Crippen LogP contribution in [-0.2, 0) is 6.42 Å². The normalized spacial score (nSPS) is 12.2. The highest BCUT2D eigenvalue weighted by atomic mass is 19.1. The summed E-state index contributed by atoms with van der Waals surface area (Å²) >= 11 is 0. The third-order valence-corrected chi connectivity index (χ3v) is 2.96. The molecule has 0 saturated carbocycles. The maximum absolute atomic E-state index is 13.9. The number of benzene rings is 2. The van der Waals surface area contributed by atoms with Crippen LogP contribution in [-0.4, -0.2) is 6.04 Å². The molecule has 2 aromatic rings. The molecule has 0 heterocycles. The highest BCUT2D eigenvalue weighted by Gasteiger charge is 2.12. The number of hydrogen-bond acceptors (Lipinski definition) is 2. The summed E-state index contributed by atoms with van der Waals surface area (Å²) < 4.78 is 32.7. The van der Waals surface area contributed by atoms with Crippen molar-refractivity contribution < 1.29 is 13.5 Å². The molecular formula is C16H17F2NO. The highest BCUT2D eigenvalue weighted by molar-refractivity contribution is 5.40.